The van der Waals surface area contributed by atoms with Crippen molar-refractivity contribution in [1.29, 1.82) is 0 Å². The minimum atomic E-state index is -0.504. The molecule has 0 heterocycles. The molecule has 0 amide bonds. The van der Waals surface area contributed by atoms with E-state index in [4.69, 9.17) is 0 Å². The van der Waals surface area contributed by atoms with Crippen LogP contribution in [-0.2, 0) is 0 Å². The Morgan fingerprint density at radius 3 is 2.45 bits per heavy atom. The fourth-order valence-electron chi connectivity index (χ4n) is 0.830. The van der Waals surface area contributed by atoms with Crippen molar-refractivity contribution in [1.82, 2.24) is 0 Å². The Bertz CT molecular complexity index is 231. The van der Waals surface area contributed by atoms with Gasteiger partial charge in [-0.05, 0) is 16.6 Å². The van der Waals surface area contributed by atoms with E-state index in [1.165, 1.54) is 0 Å². The van der Waals surface area contributed by atoms with Gasteiger partial charge in [0.05, 0.1) is 6.10 Å². The van der Waals surface area contributed by atoms with Crippen molar-refractivity contribution in [3.63, 3.8) is 0 Å². The lowest BCUT2D eigenvalue weighted by atomic mass is 10.1. The van der Waals surface area contributed by atoms with Gasteiger partial charge in [-0.15, -0.1) is 0 Å². The number of rotatable bonds is 2. The fraction of sp³-hybridized carbons (Fsp3) is 0.111. The molecule has 0 aliphatic carbocycles. The minimum Gasteiger partial charge on any atom is -0.384 e. The van der Waals surface area contributed by atoms with Crippen molar-refractivity contribution < 1.29 is 5.11 Å². The first-order valence-electron chi connectivity index (χ1n) is 3.34. The van der Waals surface area contributed by atoms with Crippen molar-refractivity contribution in [2.75, 3.05) is 0 Å². The minimum absolute atomic E-state index is 0.504. The molecule has 1 nitrogen and oxygen atoms in total. The van der Waals surface area contributed by atoms with Crippen LogP contribution in [0.2, 0.25) is 0 Å². The maximum atomic E-state index is 9.40. The van der Waals surface area contributed by atoms with Gasteiger partial charge in [0.1, 0.15) is 0 Å². The smallest absolute Gasteiger partial charge is 0.0979 e. The van der Waals surface area contributed by atoms with Gasteiger partial charge in [-0.1, -0.05) is 46.3 Å². The summed E-state index contributed by atoms with van der Waals surface area (Å²) in [4.78, 5) is 1.66. The Hall–Kier alpha value is -0.600. The molecule has 0 aliphatic rings. The number of benzene rings is 1. The van der Waals surface area contributed by atoms with E-state index in [2.05, 4.69) is 15.9 Å². The molecule has 58 valence electrons. The summed E-state index contributed by atoms with van der Waals surface area (Å²) >= 11 is 3.11. The van der Waals surface area contributed by atoms with E-state index in [0.29, 0.717) is 0 Å². The van der Waals surface area contributed by atoms with E-state index in [-0.39, 0.29) is 0 Å². The largest absolute Gasteiger partial charge is 0.384 e. The molecule has 0 saturated heterocycles. The Morgan fingerprint density at radius 1 is 1.27 bits per heavy atom. The summed E-state index contributed by atoms with van der Waals surface area (Å²) in [5.41, 5.74) is 0.906. The van der Waals surface area contributed by atoms with Gasteiger partial charge in [-0.25, -0.2) is 0 Å². The molecule has 0 spiro atoms. The molecule has 1 aromatic rings. The molecule has 1 aromatic carbocycles. The van der Waals surface area contributed by atoms with E-state index in [1.54, 1.807) is 11.1 Å². The lowest BCUT2D eigenvalue weighted by Crippen LogP contribution is -1.90. The average molecular weight is 213 g/mol. The number of hydrogen-bond acceptors (Lipinski definition) is 1. The predicted octanol–water partition coefficient (Wildman–Crippen LogP) is 2.63. The van der Waals surface area contributed by atoms with Crippen LogP contribution in [-0.4, -0.2) is 5.11 Å². The zero-order chi connectivity index (χ0) is 8.10. The Balaban J connectivity index is 2.76. The molecule has 0 radical (unpaired) electrons. The van der Waals surface area contributed by atoms with Crippen LogP contribution < -0.4 is 0 Å². The summed E-state index contributed by atoms with van der Waals surface area (Å²) in [5, 5.41) is 9.40. The van der Waals surface area contributed by atoms with E-state index >= 15 is 0 Å². The molecule has 0 aromatic heterocycles. The molecule has 0 aliphatic heterocycles. The highest BCUT2D eigenvalue weighted by Crippen LogP contribution is 2.13. The Kier molecular flexibility index (Phi) is 3.33. The molecule has 2 heteroatoms. The van der Waals surface area contributed by atoms with Gasteiger partial charge in [0.25, 0.3) is 0 Å². The molecular weight excluding hydrogens is 204 g/mol. The lowest BCUT2D eigenvalue weighted by molar-refractivity contribution is 0.229. The van der Waals surface area contributed by atoms with Gasteiger partial charge in [0.2, 0.25) is 0 Å². The monoisotopic (exact) mass is 212 g/mol. The highest BCUT2D eigenvalue weighted by Gasteiger charge is 1.99. The van der Waals surface area contributed by atoms with Gasteiger partial charge in [0, 0.05) is 0 Å². The van der Waals surface area contributed by atoms with Gasteiger partial charge < -0.3 is 5.11 Å². The van der Waals surface area contributed by atoms with Gasteiger partial charge >= 0.3 is 0 Å². The van der Waals surface area contributed by atoms with Crippen LogP contribution in [0.25, 0.3) is 0 Å². The second kappa shape index (κ2) is 4.31. The van der Waals surface area contributed by atoms with Crippen LogP contribution in [0, 0.1) is 0 Å². The van der Waals surface area contributed by atoms with E-state index in [1.807, 2.05) is 30.3 Å². The van der Waals surface area contributed by atoms with E-state index in [0.717, 1.165) is 5.56 Å². The molecule has 0 saturated carbocycles. The average Bonchev–Trinajstić information content (AvgIpc) is 2.07. The number of aliphatic hydroxyl groups excluding tert-OH is 1. The highest BCUT2D eigenvalue weighted by atomic mass is 79.9. The van der Waals surface area contributed by atoms with Crippen molar-refractivity contribution in [2.24, 2.45) is 0 Å². The van der Waals surface area contributed by atoms with Crippen molar-refractivity contribution in [3.05, 3.63) is 47.0 Å². The first-order valence-corrected chi connectivity index (χ1v) is 4.26. The van der Waals surface area contributed by atoms with Crippen molar-refractivity contribution >= 4 is 15.9 Å². The van der Waals surface area contributed by atoms with Crippen LogP contribution in [0.15, 0.2) is 41.4 Å². The van der Waals surface area contributed by atoms with Crippen molar-refractivity contribution in [3.8, 4) is 0 Å². The molecule has 11 heavy (non-hydrogen) atoms. The van der Waals surface area contributed by atoms with Gasteiger partial charge in [0.15, 0.2) is 0 Å². The van der Waals surface area contributed by atoms with Crippen LogP contribution in [0.4, 0.5) is 0 Å². The van der Waals surface area contributed by atoms with Crippen LogP contribution in [0.3, 0.4) is 0 Å². The summed E-state index contributed by atoms with van der Waals surface area (Å²) in [7, 11) is 0. The predicted molar refractivity (Wildman–Crippen MR) is 49.5 cm³/mol. The Labute approximate surface area is 74.5 Å². The van der Waals surface area contributed by atoms with Crippen molar-refractivity contribution in [2.45, 2.75) is 6.10 Å². The van der Waals surface area contributed by atoms with E-state index < -0.39 is 6.10 Å². The third-order valence-electron chi connectivity index (χ3n) is 1.40. The van der Waals surface area contributed by atoms with Gasteiger partial charge in [-0.3, -0.25) is 0 Å². The van der Waals surface area contributed by atoms with Crippen LogP contribution in [0.5, 0.6) is 0 Å². The molecule has 0 bridgehead atoms. The van der Waals surface area contributed by atoms with Crippen LogP contribution in [0.1, 0.15) is 11.7 Å². The van der Waals surface area contributed by atoms with E-state index in [9.17, 15) is 5.11 Å². The second-order valence-electron chi connectivity index (χ2n) is 2.17. The SMILES string of the molecule is O[C@H](/C=C/Br)c1ccccc1. The number of hydrogen-bond donors (Lipinski definition) is 1. The summed E-state index contributed by atoms with van der Waals surface area (Å²) in [6, 6.07) is 9.50. The third-order valence-corrected chi connectivity index (χ3v) is 1.70. The topological polar surface area (TPSA) is 20.2 Å². The fourth-order valence-corrected chi connectivity index (χ4v) is 1.12. The van der Waals surface area contributed by atoms with Crippen LogP contribution >= 0.6 is 15.9 Å². The number of aliphatic hydroxyl groups is 1. The maximum absolute atomic E-state index is 9.40. The summed E-state index contributed by atoms with van der Waals surface area (Å²) in [6.07, 6.45) is 1.17. The molecule has 1 atom stereocenters. The highest BCUT2D eigenvalue weighted by molar-refractivity contribution is 9.11. The molecular formula is C9H9BrO. The lowest BCUT2D eigenvalue weighted by Gasteiger charge is -2.03. The standard InChI is InChI=1S/C9H9BrO/c10-7-6-9(11)8-4-2-1-3-5-8/h1-7,9,11H/b7-6+/t9-/m1/s1. The Morgan fingerprint density at radius 2 is 1.91 bits per heavy atom. The molecule has 1 N–H and O–H groups in total. The summed E-state index contributed by atoms with van der Waals surface area (Å²) < 4.78 is 0. The summed E-state index contributed by atoms with van der Waals surface area (Å²) in [5.74, 6) is 0. The first-order chi connectivity index (χ1) is 5.34. The quantitative estimate of drug-likeness (QED) is 0.800. The maximum Gasteiger partial charge on any atom is 0.0979 e. The summed E-state index contributed by atoms with van der Waals surface area (Å²) in [6.45, 7) is 0. The second-order valence-corrected chi connectivity index (χ2v) is 2.70. The zero-order valence-corrected chi connectivity index (χ0v) is 7.53. The zero-order valence-electron chi connectivity index (χ0n) is 5.94. The molecule has 1 rings (SSSR count). The third kappa shape index (κ3) is 2.48. The molecule has 0 fully saturated rings. The van der Waals surface area contributed by atoms with Gasteiger partial charge in [-0.2, -0.15) is 0 Å². The number of halogens is 1. The normalized spacial score (nSPS) is 13.6. The molecule has 0 unspecified atom stereocenters. The first kappa shape index (κ1) is 8.50.